The van der Waals surface area contributed by atoms with E-state index in [1.54, 1.807) is 18.2 Å². The first-order valence-electron chi connectivity index (χ1n) is 7.27. The summed E-state index contributed by atoms with van der Waals surface area (Å²) in [4.78, 5) is 14.7. The number of fused-ring (bicyclic) bond motifs is 1. The van der Waals surface area contributed by atoms with Gasteiger partial charge in [-0.3, -0.25) is 4.79 Å². The molecule has 22 heavy (non-hydrogen) atoms. The highest BCUT2D eigenvalue weighted by molar-refractivity contribution is 6.34. The average molecular weight is 312 g/mol. The van der Waals surface area contributed by atoms with Crippen molar-refractivity contribution < 1.29 is 4.79 Å². The van der Waals surface area contributed by atoms with E-state index in [2.05, 4.69) is 30.9 Å². The van der Waals surface area contributed by atoms with Crippen LogP contribution in [0.25, 0.3) is 0 Å². The highest BCUT2D eigenvalue weighted by Gasteiger charge is 2.38. The average Bonchev–Trinajstić information content (AvgIpc) is 2.69. The Kier molecular flexibility index (Phi) is 3.57. The second-order valence-corrected chi connectivity index (χ2v) is 6.48. The van der Waals surface area contributed by atoms with Crippen LogP contribution in [0.3, 0.4) is 0 Å². The lowest BCUT2D eigenvalue weighted by molar-refractivity contribution is 0.104. The van der Waals surface area contributed by atoms with Gasteiger partial charge < -0.3 is 4.90 Å². The summed E-state index contributed by atoms with van der Waals surface area (Å²) in [7, 11) is 2.00. The van der Waals surface area contributed by atoms with E-state index >= 15 is 0 Å². The lowest BCUT2D eigenvalue weighted by atomic mass is 9.83. The molecule has 1 aliphatic heterocycles. The Morgan fingerprint density at radius 2 is 1.73 bits per heavy atom. The molecule has 0 radical (unpaired) electrons. The molecule has 2 aromatic carbocycles. The molecule has 2 nitrogen and oxygen atoms in total. The van der Waals surface area contributed by atoms with E-state index in [0.717, 1.165) is 11.4 Å². The maximum Gasteiger partial charge on any atom is 0.189 e. The molecule has 0 saturated carbocycles. The number of carbonyl (C=O) groups is 1. The third-order valence-electron chi connectivity index (χ3n) is 4.35. The molecule has 1 heterocycles. The monoisotopic (exact) mass is 311 g/mol. The van der Waals surface area contributed by atoms with Gasteiger partial charge in [-0.1, -0.05) is 55.8 Å². The number of nitrogens with zero attached hydrogens (tertiary/aromatic N) is 1. The summed E-state index contributed by atoms with van der Waals surface area (Å²) in [6.07, 6.45) is 1.71. The fraction of sp³-hybridized carbons (Fsp3) is 0.211. The van der Waals surface area contributed by atoms with E-state index in [4.69, 9.17) is 11.6 Å². The van der Waals surface area contributed by atoms with Gasteiger partial charge in [-0.05, 0) is 23.8 Å². The number of halogens is 1. The third-order valence-corrected chi connectivity index (χ3v) is 4.68. The number of para-hydroxylation sites is 1. The minimum absolute atomic E-state index is 0.0617. The minimum Gasteiger partial charge on any atom is -0.347 e. The molecule has 2 aromatic rings. The molecular formula is C19H18ClNO. The molecule has 3 rings (SSSR count). The SMILES string of the molecule is CN1/C(=C\C(=O)c2ccccc2Cl)C(C)(C)c2ccccc21. The third kappa shape index (κ3) is 2.24. The molecule has 0 aromatic heterocycles. The van der Waals surface area contributed by atoms with Gasteiger partial charge in [0.2, 0.25) is 0 Å². The fourth-order valence-corrected chi connectivity index (χ4v) is 3.35. The van der Waals surface area contributed by atoms with E-state index in [0.29, 0.717) is 10.6 Å². The number of hydrogen-bond acceptors (Lipinski definition) is 2. The van der Waals surface area contributed by atoms with Crippen molar-refractivity contribution in [2.75, 3.05) is 11.9 Å². The van der Waals surface area contributed by atoms with Crippen LogP contribution in [0.4, 0.5) is 5.69 Å². The molecule has 0 atom stereocenters. The van der Waals surface area contributed by atoms with Gasteiger partial charge in [0, 0.05) is 35.5 Å². The zero-order valence-electron chi connectivity index (χ0n) is 12.9. The van der Waals surface area contributed by atoms with E-state index in [9.17, 15) is 4.79 Å². The quantitative estimate of drug-likeness (QED) is 0.584. The summed E-state index contributed by atoms with van der Waals surface area (Å²) < 4.78 is 0. The lowest BCUT2D eigenvalue weighted by Gasteiger charge is -2.24. The van der Waals surface area contributed by atoms with Crippen molar-refractivity contribution in [3.05, 3.63) is 76.5 Å². The van der Waals surface area contributed by atoms with Crippen LogP contribution >= 0.6 is 11.6 Å². The Morgan fingerprint density at radius 3 is 2.41 bits per heavy atom. The summed E-state index contributed by atoms with van der Waals surface area (Å²) in [6, 6.07) is 15.4. The van der Waals surface area contributed by atoms with Gasteiger partial charge in [-0.15, -0.1) is 0 Å². The van der Waals surface area contributed by atoms with Crippen LogP contribution in [0.2, 0.25) is 5.02 Å². The summed E-state index contributed by atoms with van der Waals surface area (Å²) in [5.41, 5.74) is 3.69. The van der Waals surface area contributed by atoms with Gasteiger partial charge >= 0.3 is 0 Å². The largest absolute Gasteiger partial charge is 0.347 e. The van der Waals surface area contributed by atoms with Crippen LogP contribution in [0, 0.1) is 0 Å². The predicted octanol–water partition coefficient (Wildman–Crippen LogP) is 4.83. The maximum atomic E-state index is 12.6. The van der Waals surface area contributed by atoms with Gasteiger partial charge in [-0.2, -0.15) is 0 Å². The molecule has 0 aliphatic carbocycles. The summed E-state index contributed by atoms with van der Waals surface area (Å²) in [5.74, 6) is -0.0617. The fourth-order valence-electron chi connectivity index (χ4n) is 3.12. The highest BCUT2D eigenvalue weighted by atomic mass is 35.5. The lowest BCUT2D eigenvalue weighted by Crippen LogP contribution is -2.24. The van der Waals surface area contributed by atoms with Crippen LogP contribution in [-0.2, 0) is 5.41 Å². The Bertz CT molecular complexity index is 777. The second kappa shape index (κ2) is 5.29. The van der Waals surface area contributed by atoms with E-state index in [1.165, 1.54) is 5.56 Å². The zero-order chi connectivity index (χ0) is 15.9. The first-order valence-corrected chi connectivity index (χ1v) is 7.65. The second-order valence-electron chi connectivity index (χ2n) is 6.07. The Morgan fingerprint density at radius 1 is 1.09 bits per heavy atom. The van der Waals surface area contributed by atoms with Crippen LogP contribution in [0.15, 0.2) is 60.3 Å². The van der Waals surface area contributed by atoms with Gasteiger partial charge in [0.15, 0.2) is 5.78 Å². The van der Waals surface area contributed by atoms with Crippen molar-refractivity contribution in [1.82, 2.24) is 0 Å². The zero-order valence-corrected chi connectivity index (χ0v) is 13.7. The molecule has 0 bridgehead atoms. The first-order chi connectivity index (χ1) is 10.4. The van der Waals surface area contributed by atoms with E-state index in [-0.39, 0.29) is 11.2 Å². The van der Waals surface area contributed by atoms with Crippen molar-refractivity contribution in [2.45, 2.75) is 19.3 Å². The molecule has 0 N–H and O–H groups in total. The van der Waals surface area contributed by atoms with Crippen LogP contribution in [-0.4, -0.2) is 12.8 Å². The predicted molar refractivity (Wildman–Crippen MR) is 91.7 cm³/mol. The van der Waals surface area contributed by atoms with Crippen molar-refractivity contribution in [1.29, 1.82) is 0 Å². The molecular weight excluding hydrogens is 294 g/mol. The number of ketones is 1. The van der Waals surface area contributed by atoms with E-state index < -0.39 is 0 Å². The topological polar surface area (TPSA) is 20.3 Å². The highest BCUT2D eigenvalue weighted by Crippen LogP contribution is 2.46. The molecule has 0 fully saturated rings. The van der Waals surface area contributed by atoms with Crippen LogP contribution in [0.5, 0.6) is 0 Å². The Balaban J connectivity index is 2.06. The number of anilines is 1. The number of hydrogen-bond donors (Lipinski definition) is 0. The van der Waals surface area contributed by atoms with Crippen molar-refractivity contribution in [2.24, 2.45) is 0 Å². The molecule has 0 unspecified atom stereocenters. The molecule has 0 saturated heterocycles. The number of benzene rings is 2. The maximum absolute atomic E-state index is 12.6. The summed E-state index contributed by atoms with van der Waals surface area (Å²) in [6.45, 7) is 4.28. The number of carbonyl (C=O) groups excluding carboxylic acids is 1. The normalized spacial score (nSPS) is 17.6. The van der Waals surface area contributed by atoms with Gasteiger partial charge in [0.25, 0.3) is 0 Å². The van der Waals surface area contributed by atoms with Crippen molar-refractivity contribution in [3.8, 4) is 0 Å². The van der Waals surface area contributed by atoms with Crippen LogP contribution < -0.4 is 4.90 Å². The summed E-state index contributed by atoms with van der Waals surface area (Å²) >= 11 is 6.14. The number of likely N-dealkylation sites (N-methyl/N-ethyl adjacent to an activating group) is 1. The Hall–Kier alpha value is -2.06. The molecule has 3 heteroatoms. The van der Waals surface area contributed by atoms with Gasteiger partial charge in [0.1, 0.15) is 0 Å². The number of rotatable bonds is 2. The smallest absolute Gasteiger partial charge is 0.189 e. The Labute approximate surface area is 136 Å². The molecule has 1 aliphatic rings. The van der Waals surface area contributed by atoms with Gasteiger partial charge in [-0.25, -0.2) is 0 Å². The molecule has 0 amide bonds. The standard InChI is InChI=1S/C19H18ClNO/c1-19(2)14-9-5-7-11-16(14)21(3)18(19)12-17(22)13-8-4-6-10-15(13)20/h4-12H,1-3H3/b18-12-. The van der Waals surface area contributed by atoms with Crippen molar-refractivity contribution in [3.63, 3.8) is 0 Å². The first kappa shape index (κ1) is 14.9. The van der Waals surface area contributed by atoms with Crippen molar-refractivity contribution >= 4 is 23.1 Å². The minimum atomic E-state index is -0.206. The summed E-state index contributed by atoms with van der Waals surface area (Å²) in [5, 5.41) is 0.486. The van der Waals surface area contributed by atoms with Gasteiger partial charge in [0.05, 0.1) is 5.02 Å². The number of allylic oxidation sites excluding steroid dienone is 2. The molecule has 0 spiro atoms. The van der Waals surface area contributed by atoms with E-state index in [1.807, 2.05) is 31.3 Å². The molecule has 112 valence electrons. The van der Waals surface area contributed by atoms with Crippen LogP contribution in [0.1, 0.15) is 29.8 Å².